The van der Waals surface area contributed by atoms with Crippen LogP contribution in [0.3, 0.4) is 0 Å². The normalized spacial score (nSPS) is 21.2. The molecule has 8 heteroatoms. The summed E-state index contributed by atoms with van der Waals surface area (Å²) in [5, 5.41) is 13.5. The van der Waals surface area contributed by atoms with E-state index in [4.69, 9.17) is 4.74 Å². The van der Waals surface area contributed by atoms with Crippen molar-refractivity contribution in [2.75, 3.05) is 44.3 Å². The second-order valence-electron chi connectivity index (χ2n) is 8.22. The summed E-state index contributed by atoms with van der Waals surface area (Å²) in [6.45, 7) is 8.73. The fourth-order valence-electron chi connectivity index (χ4n) is 4.85. The van der Waals surface area contributed by atoms with Gasteiger partial charge in [-0.15, -0.1) is 0 Å². The fourth-order valence-corrected chi connectivity index (χ4v) is 4.85. The van der Waals surface area contributed by atoms with Crippen LogP contribution in [0, 0.1) is 6.92 Å². The van der Waals surface area contributed by atoms with Gasteiger partial charge in [0.1, 0.15) is 0 Å². The molecule has 2 saturated heterocycles. The minimum atomic E-state index is 0.461. The van der Waals surface area contributed by atoms with Crippen LogP contribution < -0.4 is 4.90 Å². The van der Waals surface area contributed by atoms with Crippen molar-refractivity contribution >= 4 is 16.7 Å². The summed E-state index contributed by atoms with van der Waals surface area (Å²) in [6.07, 6.45) is 6.28. The van der Waals surface area contributed by atoms with Gasteiger partial charge in [-0.05, 0) is 25.8 Å². The van der Waals surface area contributed by atoms with Gasteiger partial charge in [-0.25, -0.2) is 4.98 Å². The Hall–Kier alpha value is -2.45. The third-order valence-corrected chi connectivity index (χ3v) is 6.30. The molecule has 5 rings (SSSR count). The molecule has 0 radical (unpaired) electrons. The molecule has 1 N–H and O–H groups in total. The van der Waals surface area contributed by atoms with E-state index >= 15 is 0 Å². The van der Waals surface area contributed by atoms with E-state index in [1.165, 1.54) is 35.2 Å². The lowest BCUT2D eigenvalue weighted by molar-refractivity contribution is 0.0340. The highest BCUT2D eigenvalue weighted by Crippen LogP contribution is 2.34. The first-order chi connectivity index (χ1) is 14.2. The maximum Gasteiger partial charge on any atom is 0.159 e. The van der Waals surface area contributed by atoms with Gasteiger partial charge in [0.15, 0.2) is 5.65 Å². The lowest BCUT2D eigenvalue weighted by Crippen LogP contribution is -2.37. The molecule has 2 aliphatic rings. The Kier molecular flexibility index (Phi) is 4.97. The highest BCUT2D eigenvalue weighted by atomic mass is 16.5. The van der Waals surface area contributed by atoms with Crippen molar-refractivity contribution in [3.63, 3.8) is 0 Å². The van der Waals surface area contributed by atoms with Crippen molar-refractivity contribution in [2.24, 2.45) is 7.05 Å². The molecule has 0 aliphatic carbocycles. The van der Waals surface area contributed by atoms with E-state index in [9.17, 15) is 0 Å². The van der Waals surface area contributed by atoms with Crippen LogP contribution in [0.15, 0.2) is 18.5 Å². The molecule has 8 nitrogen and oxygen atoms in total. The second kappa shape index (κ2) is 7.76. The van der Waals surface area contributed by atoms with Crippen LogP contribution in [0.25, 0.3) is 11.0 Å². The first kappa shape index (κ1) is 18.6. The topological polar surface area (TPSA) is 75.1 Å². The average Bonchev–Trinajstić information content (AvgIpc) is 3.33. The minimum Gasteiger partial charge on any atom is -0.379 e. The fraction of sp³-hybridized carbons (Fsp3) is 0.571. The van der Waals surface area contributed by atoms with E-state index in [0.29, 0.717) is 5.92 Å². The summed E-state index contributed by atoms with van der Waals surface area (Å²) in [6, 6.07) is 2.14. The number of aryl methyl sites for hydroxylation is 2. The van der Waals surface area contributed by atoms with Crippen molar-refractivity contribution in [1.29, 1.82) is 0 Å². The van der Waals surface area contributed by atoms with Crippen LogP contribution in [0.1, 0.15) is 35.7 Å². The van der Waals surface area contributed by atoms with E-state index in [1.54, 1.807) is 0 Å². The molecule has 0 aromatic carbocycles. The molecule has 2 fully saturated rings. The SMILES string of the molecule is Cc1nn(C)c2nccc(N3CCCC(c4[nH]ncc4CN4CCOCC4)C3)c12. The number of anilines is 1. The van der Waals surface area contributed by atoms with Crippen LogP contribution in [-0.2, 0) is 18.3 Å². The van der Waals surface area contributed by atoms with Gasteiger partial charge in [-0.1, -0.05) is 0 Å². The van der Waals surface area contributed by atoms with Crippen molar-refractivity contribution < 1.29 is 4.74 Å². The molecule has 3 aromatic rings. The largest absolute Gasteiger partial charge is 0.379 e. The van der Waals surface area contributed by atoms with Gasteiger partial charge in [-0.2, -0.15) is 10.2 Å². The molecular formula is C21H29N7O. The van der Waals surface area contributed by atoms with E-state index in [2.05, 4.69) is 43.1 Å². The molecule has 5 heterocycles. The molecule has 29 heavy (non-hydrogen) atoms. The smallest absolute Gasteiger partial charge is 0.159 e. The van der Waals surface area contributed by atoms with Gasteiger partial charge in [-0.3, -0.25) is 14.7 Å². The number of nitrogens with zero attached hydrogens (tertiary/aromatic N) is 6. The number of aromatic amines is 1. The number of morpholine rings is 1. The Balaban J connectivity index is 1.39. The van der Waals surface area contributed by atoms with Gasteiger partial charge >= 0.3 is 0 Å². The number of fused-ring (bicyclic) bond motifs is 1. The number of pyridine rings is 1. The zero-order valence-corrected chi connectivity index (χ0v) is 17.3. The quantitative estimate of drug-likeness (QED) is 0.730. The molecule has 154 valence electrons. The molecule has 1 atom stereocenters. The van der Waals surface area contributed by atoms with Crippen LogP contribution >= 0.6 is 0 Å². The number of aromatic nitrogens is 5. The van der Waals surface area contributed by atoms with E-state index in [-0.39, 0.29) is 0 Å². The molecule has 0 saturated carbocycles. The van der Waals surface area contributed by atoms with Crippen molar-refractivity contribution in [2.45, 2.75) is 32.2 Å². The summed E-state index contributed by atoms with van der Waals surface area (Å²) < 4.78 is 7.37. The maximum absolute atomic E-state index is 5.49. The third-order valence-electron chi connectivity index (χ3n) is 6.30. The number of hydrogen-bond donors (Lipinski definition) is 1. The number of rotatable bonds is 4. The Labute approximate surface area is 170 Å². The number of H-pyrrole nitrogens is 1. The van der Waals surface area contributed by atoms with Crippen LogP contribution in [-0.4, -0.2) is 69.3 Å². The zero-order valence-electron chi connectivity index (χ0n) is 17.3. The van der Waals surface area contributed by atoms with Crippen molar-refractivity contribution in [3.8, 4) is 0 Å². The van der Waals surface area contributed by atoms with Gasteiger partial charge in [0.2, 0.25) is 0 Å². The summed E-state index contributed by atoms with van der Waals surface area (Å²) in [5.74, 6) is 0.461. The van der Waals surface area contributed by atoms with E-state index in [1.807, 2.05) is 24.1 Å². The molecule has 0 bridgehead atoms. The van der Waals surface area contributed by atoms with Gasteiger partial charge < -0.3 is 9.64 Å². The molecule has 1 unspecified atom stereocenters. The zero-order chi connectivity index (χ0) is 19.8. The summed E-state index contributed by atoms with van der Waals surface area (Å²) in [5.41, 5.74) is 5.88. The lowest BCUT2D eigenvalue weighted by Gasteiger charge is -2.35. The molecule has 3 aromatic heterocycles. The van der Waals surface area contributed by atoms with Gasteiger partial charge in [0.05, 0.1) is 36.2 Å². The van der Waals surface area contributed by atoms with Crippen LogP contribution in [0.2, 0.25) is 0 Å². The highest BCUT2D eigenvalue weighted by Gasteiger charge is 2.27. The van der Waals surface area contributed by atoms with Crippen LogP contribution in [0.4, 0.5) is 5.69 Å². The van der Waals surface area contributed by atoms with Crippen molar-refractivity contribution in [3.05, 3.63) is 35.4 Å². The van der Waals surface area contributed by atoms with E-state index < -0.39 is 0 Å². The molecule has 0 amide bonds. The Morgan fingerprint density at radius 1 is 1.24 bits per heavy atom. The molecule has 2 aliphatic heterocycles. The summed E-state index contributed by atoms with van der Waals surface area (Å²) >= 11 is 0. The number of piperidine rings is 1. The molecular weight excluding hydrogens is 366 g/mol. The number of ether oxygens (including phenoxy) is 1. The number of hydrogen-bond acceptors (Lipinski definition) is 6. The average molecular weight is 396 g/mol. The number of nitrogens with one attached hydrogen (secondary N) is 1. The van der Waals surface area contributed by atoms with Gasteiger partial charge in [0, 0.05) is 63.1 Å². The Morgan fingerprint density at radius 2 is 2.10 bits per heavy atom. The Bertz CT molecular complexity index is 988. The van der Waals surface area contributed by atoms with E-state index in [0.717, 1.165) is 57.3 Å². The van der Waals surface area contributed by atoms with Crippen molar-refractivity contribution in [1.82, 2.24) is 29.9 Å². The maximum atomic E-state index is 5.49. The summed E-state index contributed by atoms with van der Waals surface area (Å²) in [4.78, 5) is 9.52. The monoisotopic (exact) mass is 395 g/mol. The predicted molar refractivity (Wildman–Crippen MR) is 112 cm³/mol. The molecule has 0 spiro atoms. The lowest BCUT2D eigenvalue weighted by atomic mass is 9.92. The first-order valence-electron chi connectivity index (χ1n) is 10.6. The summed E-state index contributed by atoms with van der Waals surface area (Å²) in [7, 11) is 1.97. The second-order valence-corrected chi connectivity index (χ2v) is 8.22. The van der Waals surface area contributed by atoms with Gasteiger partial charge in [0.25, 0.3) is 0 Å². The van der Waals surface area contributed by atoms with Crippen LogP contribution in [0.5, 0.6) is 0 Å². The Morgan fingerprint density at radius 3 is 2.97 bits per heavy atom. The first-order valence-corrected chi connectivity index (χ1v) is 10.6. The minimum absolute atomic E-state index is 0.461. The highest BCUT2D eigenvalue weighted by molar-refractivity contribution is 5.92. The third kappa shape index (κ3) is 3.51. The standard InChI is InChI=1S/C21H29N7O/c1-15-19-18(5-6-22-21(19)26(2)25-15)28-7-3-4-16(14-28)20-17(12-23-24-20)13-27-8-10-29-11-9-27/h5-6,12,16H,3-4,7-11,13-14H2,1-2H3,(H,23,24). The predicted octanol–water partition coefficient (Wildman–Crippen LogP) is 2.22.